The van der Waals surface area contributed by atoms with Crippen LogP contribution in [0.1, 0.15) is 25.7 Å². The van der Waals surface area contributed by atoms with Gasteiger partial charge in [-0.1, -0.05) is 0 Å². The molecule has 1 aliphatic carbocycles. The molecule has 0 radical (unpaired) electrons. The third kappa shape index (κ3) is 2.39. The Hall–Kier alpha value is -3.09. The quantitative estimate of drug-likeness (QED) is 0.621. The molecule has 4 aromatic rings. The fourth-order valence-electron chi connectivity index (χ4n) is 3.37. The molecule has 1 saturated carbocycles. The third-order valence-corrected chi connectivity index (χ3v) is 4.63. The van der Waals surface area contributed by atoms with Gasteiger partial charge in [-0.05, 0) is 43.9 Å². The molecule has 25 heavy (non-hydrogen) atoms. The Labute approximate surface area is 142 Å². The molecule has 0 spiro atoms. The molecule has 0 amide bonds. The van der Waals surface area contributed by atoms with E-state index >= 15 is 0 Å². The first-order valence-corrected chi connectivity index (χ1v) is 8.41. The third-order valence-electron chi connectivity index (χ3n) is 4.63. The SMILES string of the molecule is O=c1[nH]ccc2oc(-c3cnc4ccc(OC5CCCC5)nn34)cc12. The highest BCUT2D eigenvalue weighted by molar-refractivity contribution is 5.81. The van der Waals surface area contributed by atoms with Crippen LogP contribution in [0.25, 0.3) is 28.1 Å². The Kier molecular flexibility index (Phi) is 3.12. The van der Waals surface area contributed by atoms with E-state index in [0.717, 1.165) is 12.8 Å². The summed E-state index contributed by atoms with van der Waals surface area (Å²) in [5.74, 6) is 1.12. The molecule has 0 bridgehead atoms. The molecule has 1 fully saturated rings. The van der Waals surface area contributed by atoms with Gasteiger partial charge in [0.2, 0.25) is 5.88 Å². The zero-order valence-electron chi connectivity index (χ0n) is 13.4. The molecular weight excluding hydrogens is 320 g/mol. The van der Waals surface area contributed by atoms with Crippen LogP contribution in [0.15, 0.2) is 45.9 Å². The van der Waals surface area contributed by atoms with Gasteiger partial charge in [0.05, 0.1) is 11.6 Å². The lowest BCUT2D eigenvalue weighted by atomic mass is 10.3. The van der Waals surface area contributed by atoms with Gasteiger partial charge in [0.15, 0.2) is 11.4 Å². The molecule has 7 nitrogen and oxygen atoms in total. The normalized spacial score (nSPS) is 15.4. The highest BCUT2D eigenvalue weighted by atomic mass is 16.5. The summed E-state index contributed by atoms with van der Waals surface area (Å²) in [6, 6.07) is 7.15. The van der Waals surface area contributed by atoms with Gasteiger partial charge in [-0.15, -0.1) is 5.10 Å². The van der Waals surface area contributed by atoms with Gasteiger partial charge >= 0.3 is 0 Å². The molecular formula is C18H16N4O3. The lowest BCUT2D eigenvalue weighted by Gasteiger charge is -2.11. The number of hydrogen-bond acceptors (Lipinski definition) is 5. The van der Waals surface area contributed by atoms with Gasteiger partial charge in [0, 0.05) is 12.3 Å². The van der Waals surface area contributed by atoms with Gasteiger partial charge < -0.3 is 14.1 Å². The van der Waals surface area contributed by atoms with Crippen molar-refractivity contribution in [1.29, 1.82) is 0 Å². The van der Waals surface area contributed by atoms with Crippen molar-refractivity contribution in [3.63, 3.8) is 0 Å². The number of imidazole rings is 1. The predicted molar refractivity (Wildman–Crippen MR) is 91.7 cm³/mol. The van der Waals surface area contributed by atoms with E-state index in [-0.39, 0.29) is 11.7 Å². The van der Waals surface area contributed by atoms with Crippen LogP contribution in [0.4, 0.5) is 0 Å². The summed E-state index contributed by atoms with van der Waals surface area (Å²) in [5, 5.41) is 5.06. The molecule has 126 valence electrons. The van der Waals surface area contributed by atoms with Crippen molar-refractivity contribution in [1.82, 2.24) is 19.6 Å². The summed E-state index contributed by atoms with van der Waals surface area (Å²) < 4.78 is 13.5. The van der Waals surface area contributed by atoms with Crippen molar-refractivity contribution in [2.24, 2.45) is 0 Å². The summed E-state index contributed by atoms with van der Waals surface area (Å²) in [4.78, 5) is 18.9. The van der Waals surface area contributed by atoms with Crippen LogP contribution in [-0.4, -0.2) is 25.7 Å². The second kappa shape index (κ2) is 5.47. The monoisotopic (exact) mass is 336 g/mol. The number of hydrogen-bond donors (Lipinski definition) is 1. The Bertz CT molecular complexity index is 1120. The van der Waals surface area contributed by atoms with Crippen molar-refractivity contribution in [3.8, 4) is 17.3 Å². The van der Waals surface area contributed by atoms with Crippen LogP contribution in [0.5, 0.6) is 5.88 Å². The second-order valence-corrected chi connectivity index (χ2v) is 6.30. The van der Waals surface area contributed by atoms with Gasteiger partial charge in [0.25, 0.3) is 5.56 Å². The molecule has 0 aromatic carbocycles. The number of aromatic nitrogens is 4. The zero-order valence-corrected chi connectivity index (χ0v) is 13.4. The highest BCUT2D eigenvalue weighted by Gasteiger charge is 2.18. The van der Waals surface area contributed by atoms with Crippen LogP contribution in [-0.2, 0) is 0 Å². The van der Waals surface area contributed by atoms with Crippen molar-refractivity contribution in [2.45, 2.75) is 31.8 Å². The van der Waals surface area contributed by atoms with Crippen LogP contribution in [0, 0.1) is 0 Å². The molecule has 1 aliphatic rings. The van der Waals surface area contributed by atoms with E-state index in [9.17, 15) is 4.79 Å². The van der Waals surface area contributed by atoms with Gasteiger partial charge in [0.1, 0.15) is 17.4 Å². The minimum Gasteiger partial charge on any atom is -0.473 e. The molecule has 1 N–H and O–H groups in total. The van der Waals surface area contributed by atoms with Gasteiger partial charge in [-0.3, -0.25) is 4.79 Å². The van der Waals surface area contributed by atoms with E-state index in [0.29, 0.717) is 34.0 Å². The summed E-state index contributed by atoms with van der Waals surface area (Å²) in [6.07, 6.45) is 8.05. The predicted octanol–water partition coefficient (Wildman–Crippen LogP) is 3.15. The average molecular weight is 336 g/mol. The number of pyridine rings is 1. The standard InChI is InChI=1S/C18H16N4O3/c23-18-12-9-15(25-14(12)7-8-19-18)13-10-20-16-5-6-17(21-22(13)16)24-11-3-1-2-4-11/h5-11H,1-4H2,(H,19,23). The number of rotatable bonds is 3. The van der Waals surface area contributed by atoms with E-state index in [1.54, 1.807) is 29.0 Å². The lowest BCUT2D eigenvalue weighted by molar-refractivity contribution is 0.198. The Morgan fingerprint density at radius 1 is 1.24 bits per heavy atom. The first kappa shape index (κ1) is 14.3. The molecule has 0 unspecified atom stereocenters. The maximum Gasteiger partial charge on any atom is 0.259 e. The Morgan fingerprint density at radius 3 is 2.96 bits per heavy atom. The molecule has 0 atom stereocenters. The highest BCUT2D eigenvalue weighted by Crippen LogP contribution is 2.27. The smallest absolute Gasteiger partial charge is 0.259 e. The number of furan rings is 1. The first-order valence-electron chi connectivity index (χ1n) is 8.41. The maximum absolute atomic E-state index is 11.9. The fourth-order valence-corrected chi connectivity index (χ4v) is 3.37. The van der Waals surface area contributed by atoms with Crippen molar-refractivity contribution in [3.05, 3.63) is 47.0 Å². The average Bonchev–Trinajstić information content (AvgIpc) is 3.33. The largest absolute Gasteiger partial charge is 0.473 e. The molecule has 0 aliphatic heterocycles. The summed E-state index contributed by atoms with van der Waals surface area (Å²) in [6.45, 7) is 0. The number of aromatic amines is 1. The Morgan fingerprint density at radius 2 is 2.12 bits per heavy atom. The van der Waals surface area contributed by atoms with Crippen LogP contribution in [0.3, 0.4) is 0 Å². The minimum atomic E-state index is -0.181. The first-order chi connectivity index (χ1) is 12.3. The second-order valence-electron chi connectivity index (χ2n) is 6.30. The molecule has 7 heteroatoms. The maximum atomic E-state index is 11.9. The van der Waals surface area contributed by atoms with Gasteiger partial charge in [-0.25, -0.2) is 9.50 Å². The molecule has 5 rings (SSSR count). The number of fused-ring (bicyclic) bond motifs is 2. The van der Waals surface area contributed by atoms with Crippen LogP contribution in [0.2, 0.25) is 0 Å². The number of H-pyrrole nitrogens is 1. The van der Waals surface area contributed by atoms with E-state index in [1.165, 1.54) is 12.8 Å². The van der Waals surface area contributed by atoms with E-state index < -0.39 is 0 Å². The van der Waals surface area contributed by atoms with E-state index in [1.807, 2.05) is 12.1 Å². The van der Waals surface area contributed by atoms with Gasteiger partial charge in [-0.2, -0.15) is 0 Å². The molecule has 4 aromatic heterocycles. The minimum absolute atomic E-state index is 0.181. The number of nitrogens with zero attached hydrogens (tertiary/aromatic N) is 3. The van der Waals surface area contributed by atoms with Crippen LogP contribution < -0.4 is 10.3 Å². The van der Waals surface area contributed by atoms with Crippen molar-refractivity contribution in [2.75, 3.05) is 0 Å². The summed E-state index contributed by atoms with van der Waals surface area (Å²) in [5.41, 5.74) is 1.73. The zero-order chi connectivity index (χ0) is 16.8. The molecule has 4 heterocycles. The van der Waals surface area contributed by atoms with Crippen molar-refractivity contribution < 1.29 is 9.15 Å². The van der Waals surface area contributed by atoms with E-state index in [2.05, 4.69) is 15.1 Å². The lowest BCUT2D eigenvalue weighted by Crippen LogP contribution is -2.12. The summed E-state index contributed by atoms with van der Waals surface area (Å²) >= 11 is 0. The number of ether oxygens (including phenoxy) is 1. The fraction of sp³-hybridized carbons (Fsp3) is 0.278. The van der Waals surface area contributed by atoms with Crippen LogP contribution >= 0.6 is 0 Å². The van der Waals surface area contributed by atoms with E-state index in [4.69, 9.17) is 9.15 Å². The topological polar surface area (TPSA) is 85.4 Å². The molecule has 0 saturated heterocycles. The Balaban J connectivity index is 1.59. The number of nitrogens with one attached hydrogen (secondary N) is 1. The van der Waals surface area contributed by atoms with Crippen molar-refractivity contribution >= 4 is 16.6 Å². The summed E-state index contributed by atoms with van der Waals surface area (Å²) in [7, 11) is 0.